The number of rotatable bonds is 4. The van der Waals surface area contributed by atoms with E-state index in [1.54, 1.807) is 13.2 Å². The summed E-state index contributed by atoms with van der Waals surface area (Å²) >= 11 is 0. The summed E-state index contributed by atoms with van der Waals surface area (Å²) < 4.78 is 37.8. The van der Waals surface area contributed by atoms with E-state index in [1.807, 2.05) is 19.1 Å². The molecule has 2 N–H and O–H groups in total. The van der Waals surface area contributed by atoms with Crippen LogP contribution in [-0.2, 0) is 6.42 Å². The summed E-state index contributed by atoms with van der Waals surface area (Å²) in [7, 11) is 1.60. The van der Waals surface area contributed by atoms with Gasteiger partial charge in [0.25, 0.3) is 0 Å². The van der Waals surface area contributed by atoms with Gasteiger partial charge >= 0.3 is 0 Å². The van der Waals surface area contributed by atoms with Gasteiger partial charge in [0.05, 0.1) is 20.3 Å². The lowest BCUT2D eigenvalue weighted by atomic mass is 9.89. The Morgan fingerprint density at radius 3 is 2.65 bits per heavy atom. The molecule has 0 aromatic heterocycles. The van der Waals surface area contributed by atoms with E-state index in [1.165, 1.54) is 12.1 Å². The minimum atomic E-state index is -0.825. The number of methoxy groups -OCH3 is 1. The number of hydrogen-bond acceptors (Lipinski definition) is 2. The molecule has 3 nitrogen and oxygen atoms in total. The minimum Gasteiger partial charge on any atom is -0.493 e. The standard InChI is InChI=1S/C18H19F2NO2/c1-3-23-17-9-11-6-7-21-18(13(11)10-16(17)22-2)12-4-5-14(19)15(20)8-12/h4-5,8-10,18,21H,3,6-7H2,1-2H3/p+1/t18-/m0/s1. The van der Waals surface area contributed by atoms with Gasteiger partial charge in [0.15, 0.2) is 23.1 Å². The van der Waals surface area contributed by atoms with E-state index < -0.39 is 11.6 Å². The van der Waals surface area contributed by atoms with Gasteiger partial charge in [-0.3, -0.25) is 0 Å². The zero-order chi connectivity index (χ0) is 16.4. The van der Waals surface area contributed by atoms with Crippen molar-refractivity contribution in [3.05, 3.63) is 58.7 Å². The Morgan fingerprint density at radius 1 is 1.13 bits per heavy atom. The van der Waals surface area contributed by atoms with Gasteiger partial charge in [-0.25, -0.2) is 8.78 Å². The van der Waals surface area contributed by atoms with Crippen LogP contribution in [0.3, 0.4) is 0 Å². The summed E-state index contributed by atoms with van der Waals surface area (Å²) in [5, 5.41) is 2.13. The molecule has 0 saturated heterocycles. The number of fused-ring (bicyclic) bond motifs is 1. The molecule has 2 aromatic carbocycles. The van der Waals surface area contributed by atoms with Crippen LogP contribution >= 0.6 is 0 Å². The van der Waals surface area contributed by atoms with Crippen LogP contribution in [0.4, 0.5) is 8.78 Å². The molecule has 0 spiro atoms. The van der Waals surface area contributed by atoms with Crippen LogP contribution in [0.5, 0.6) is 11.5 Å². The quantitative estimate of drug-likeness (QED) is 0.940. The zero-order valence-corrected chi connectivity index (χ0v) is 13.2. The second-order valence-corrected chi connectivity index (χ2v) is 5.56. The number of nitrogens with two attached hydrogens (primary N) is 1. The van der Waals surface area contributed by atoms with Gasteiger partial charge in [-0.1, -0.05) is 0 Å². The van der Waals surface area contributed by atoms with E-state index in [2.05, 4.69) is 5.32 Å². The first-order valence-corrected chi connectivity index (χ1v) is 7.76. The summed E-state index contributed by atoms with van der Waals surface area (Å²) in [5.74, 6) is -0.261. The van der Waals surface area contributed by atoms with Crippen molar-refractivity contribution in [3.8, 4) is 11.5 Å². The molecule has 5 heteroatoms. The van der Waals surface area contributed by atoms with Crippen molar-refractivity contribution in [1.29, 1.82) is 0 Å². The molecule has 0 saturated carbocycles. The fraction of sp³-hybridized carbons (Fsp3) is 0.333. The van der Waals surface area contributed by atoms with Crippen LogP contribution in [0.25, 0.3) is 0 Å². The Kier molecular flexibility index (Phi) is 4.48. The number of benzene rings is 2. The van der Waals surface area contributed by atoms with E-state index in [0.717, 1.165) is 35.4 Å². The van der Waals surface area contributed by atoms with Crippen LogP contribution < -0.4 is 14.8 Å². The van der Waals surface area contributed by atoms with Crippen LogP contribution in [-0.4, -0.2) is 20.3 Å². The molecule has 1 aliphatic rings. The molecule has 1 aliphatic heterocycles. The lowest BCUT2D eigenvalue weighted by Crippen LogP contribution is -2.87. The third-order valence-electron chi connectivity index (χ3n) is 4.18. The maximum atomic E-state index is 13.6. The summed E-state index contributed by atoms with van der Waals surface area (Å²) in [5.41, 5.74) is 2.96. The van der Waals surface area contributed by atoms with E-state index >= 15 is 0 Å². The molecule has 0 aliphatic carbocycles. The second kappa shape index (κ2) is 6.54. The molecule has 23 heavy (non-hydrogen) atoms. The highest BCUT2D eigenvalue weighted by Gasteiger charge is 2.27. The summed E-state index contributed by atoms with van der Waals surface area (Å²) in [6.07, 6.45) is 0.902. The lowest BCUT2D eigenvalue weighted by Gasteiger charge is -2.26. The minimum absolute atomic E-state index is 0.0709. The van der Waals surface area contributed by atoms with E-state index in [9.17, 15) is 8.78 Å². The van der Waals surface area contributed by atoms with Crippen molar-refractivity contribution < 1.29 is 23.6 Å². The first-order valence-electron chi connectivity index (χ1n) is 7.76. The third-order valence-corrected chi connectivity index (χ3v) is 4.18. The number of ether oxygens (including phenoxy) is 2. The summed E-state index contributed by atoms with van der Waals surface area (Å²) in [4.78, 5) is 0. The smallest absolute Gasteiger partial charge is 0.161 e. The van der Waals surface area contributed by atoms with Crippen LogP contribution in [0.1, 0.15) is 29.7 Å². The van der Waals surface area contributed by atoms with Gasteiger partial charge in [-0.05, 0) is 42.8 Å². The van der Waals surface area contributed by atoms with E-state index in [-0.39, 0.29) is 6.04 Å². The largest absolute Gasteiger partial charge is 0.493 e. The topological polar surface area (TPSA) is 35.1 Å². The predicted molar refractivity (Wildman–Crippen MR) is 82.9 cm³/mol. The highest BCUT2D eigenvalue weighted by Crippen LogP contribution is 2.35. The molecule has 0 bridgehead atoms. The maximum Gasteiger partial charge on any atom is 0.161 e. The highest BCUT2D eigenvalue weighted by molar-refractivity contribution is 5.50. The molecule has 1 atom stereocenters. The Balaban J connectivity index is 2.05. The molecule has 2 aromatic rings. The van der Waals surface area contributed by atoms with Crippen molar-refractivity contribution in [2.45, 2.75) is 19.4 Å². The van der Waals surface area contributed by atoms with Gasteiger partial charge in [-0.15, -0.1) is 0 Å². The average molecular weight is 320 g/mol. The maximum absolute atomic E-state index is 13.6. The summed E-state index contributed by atoms with van der Waals surface area (Å²) in [6.45, 7) is 3.37. The highest BCUT2D eigenvalue weighted by atomic mass is 19.2. The van der Waals surface area contributed by atoms with Gasteiger partial charge in [0.1, 0.15) is 6.04 Å². The molecule has 3 rings (SSSR count). The fourth-order valence-electron chi connectivity index (χ4n) is 3.11. The first-order chi connectivity index (χ1) is 11.1. The van der Waals surface area contributed by atoms with Crippen LogP contribution in [0, 0.1) is 11.6 Å². The SMILES string of the molecule is CCOc1cc2c(cc1OC)[C@H](c1ccc(F)c(F)c1)[NH2+]CC2. The van der Waals surface area contributed by atoms with Crippen molar-refractivity contribution in [1.82, 2.24) is 0 Å². The van der Waals surface area contributed by atoms with Crippen molar-refractivity contribution in [2.75, 3.05) is 20.3 Å². The second-order valence-electron chi connectivity index (χ2n) is 5.56. The van der Waals surface area contributed by atoms with Crippen LogP contribution in [0.15, 0.2) is 30.3 Å². The lowest BCUT2D eigenvalue weighted by molar-refractivity contribution is -0.690. The van der Waals surface area contributed by atoms with E-state index in [0.29, 0.717) is 12.4 Å². The van der Waals surface area contributed by atoms with Gasteiger partial charge in [-0.2, -0.15) is 0 Å². The molecule has 0 unspecified atom stereocenters. The molecule has 0 amide bonds. The molecular weight excluding hydrogens is 300 g/mol. The normalized spacial score (nSPS) is 16.8. The Labute approximate surface area is 134 Å². The van der Waals surface area contributed by atoms with Gasteiger partial charge in [0.2, 0.25) is 0 Å². The number of hydrogen-bond donors (Lipinski definition) is 1. The summed E-state index contributed by atoms with van der Waals surface area (Å²) in [6, 6.07) is 7.96. The van der Waals surface area contributed by atoms with E-state index in [4.69, 9.17) is 9.47 Å². The predicted octanol–water partition coefficient (Wildman–Crippen LogP) is 2.58. The van der Waals surface area contributed by atoms with Crippen LogP contribution in [0.2, 0.25) is 0 Å². The first kappa shape index (κ1) is 15.7. The fourth-order valence-corrected chi connectivity index (χ4v) is 3.11. The molecule has 122 valence electrons. The van der Waals surface area contributed by atoms with Crippen molar-refractivity contribution in [3.63, 3.8) is 0 Å². The number of quaternary nitrogens is 1. The molecule has 0 radical (unpaired) electrons. The third kappa shape index (κ3) is 3.01. The van der Waals surface area contributed by atoms with Gasteiger partial charge in [0, 0.05) is 17.5 Å². The Morgan fingerprint density at radius 2 is 1.96 bits per heavy atom. The van der Waals surface area contributed by atoms with Crippen molar-refractivity contribution >= 4 is 0 Å². The Bertz CT molecular complexity index is 718. The Hall–Kier alpha value is -2.14. The number of halogens is 2. The zero-order valence-electron chi connectivity index (χ0n) is 13.2. The average Bonchev–Trinajstić information content (AvgIpc) is 2.56. The molecular formula is C18H20F2NO2+. The molecule has 0 fully saturated rings. The van der Waals surface area contributed by atoms with Crippen molar-refractivity contribution in [2.24, 2.45) is 0 Å². The van der Waals surface area contributed by atoms with Gasteiger partial charge < -0.3 is 14.8 Å². The molecule has 1 heterocycles. The monoisotopic (exact) mass is 320 g/mol.